The molecule has 0 aliphatic carbocycles. The number of nitrogens with one attached hydrogen (secondary N) is 2. The lowest BCUT2D eigenvalue weighted by Gasteiger charge is -2.12. The summed E-state index contributed by atoms with van der Waals surface area (Å²) < 4.78 is 0. The Labute approximate surface area is 116 Å². The first-order valence-electron chi connectivity index (χ1n) is 5.49. The summed E-state index contributed by atoms with van der Waals surface area (Å²) in [5.74, 6) is 0. The Hall–Kier alpha value is -1.44. The molecule has 0 aliphatic rings. The van der Waals surface area contributed by atoms with Crippen LogP contribution in [0, 0.1) is 11.3 Å². The number of carbonyl (C=O) groups excluding carboxylic acids is 1. The van der Waals surface area contributed by atoms with E-state index in [9.17, 15) is 4.79 Å². The summed E-state index contributed by atoms with van der Waals surface area (Å²) in [4.78, 5) is 11.6. The molecule has 2 amide bonds. The van der Waals surface area contributed by atoms with Crippen LogP contribution in [0.5, 0.6) is 0 Å². The summed E-state index contributed by atoms with van der Waals surface area (Å²) in [5.41, 5.74) is 0.523. The molecular weight excluding hydrogens is 273 g/mol. The minimum Gasteiger partial charge on any atom is -0.322 e. The Bertz CT molecular complexity index is 471. The van der Waals surface area contributed by atoms with Crippen molar-refractivity contribution in [2.24, 2.45) is 0 Å². The fourth-order valence-electron chi connectivity index (χ4n) is 1.36. The predicted octanol–water partition coefficient (Wildman–Crippen LogP) is 3.81. The SMILES string of the molecule is CCCC(C#N)NC(=O)Nc1ccc(Cl)c(Cl)c1. The quantitative estimate of drug-likeness (QED) is 0.884. The van der Waals surface area contributed by atoms with Gasteiger partial charge in [0.25, 0.3) is 0 Å². The zero-order valence-electron chi connectivity index (χ0n) is 9.84. The molecule has 96 valence electrons. The van der Waals surface area contributed by atoms with E-state index in [0.717, 1.165) is 6.42 Å². The molecule has 4 nitrogen and oxygen atoms in total. The summed E-state index contributed by atoms with van der Waals surface area (Å²) in [6, 6.07) is 5.87. The van der Waals surface area contributed by atoms with Crippen LogP contribution in [0.1, 0.15) is 19.8 Å². The van der Waals surface area contributed by atoms with Gasteiger partial charge in [-0.1, -0.05) is 36.5 Å². The second-order valence-electron chi connectivity index (χ2n) is 3.70. The molecule has 0 saturated heterocycles. The Morgan fingerprint density at radius 2 is 2.17 bits per heavy atom. The molecule has 0 radical (unpaired) electrons. The van der Waals surface area contributed by atoms with Gasteiger partial charge in [0.05, 0.1) is 16.1 Å². The van der Waals surface area contributed by atoms with Gasteiger partial charge in [-0.05, 0) is 24.6 Å². The second-order valence-corrected chi connectivity index (χ2v) is 4.51. The number of nitrogens with zero attached hydrogens (tertiary/aromatic N) is 1. The Kier molecular flexibility index (Phi) is 5.76. The Balaban J connectivity index is 2.59. The van der Waals surface area contributed by atoms with Crippen LogP contribution < -0.4 is 10.6 Å². The molecule has 0 aromatic heterocycles. The summed E-state index contributed by atoms with van der Waals surface area (Å²) >= 11 is 11.6. The molecule has 2 N–H and O–H groups in total. The highest BCUT2D eigenvalue weighted by molar-refractivity contribution is 6.42. The van der Waals surface area contributed by atoms with Crippen LogP contribution in [0.3, 0.4) is 0 Å². The van der Waals surface area contributed by atoms with Crippen molar-refractivity contribution in [2.75, 3.05) is 5.32 Å². The number of benzene rings is 1. The molecule has 0 spiro atoms. The largest absolute Gasteiger partial charge is 0.322 e. The minimum atomic E-state index is -0.488. The number of rotatable bonds is 4. The van der Waals surface area contributed by atoms with Crippen LogP contribution in [-0.2, 0) is 0 Å². The number of anilines is 1. The van der Waals surface area contributed by atoms with Crippen LogP contribution in [0.25, 0.3) is 0 Å². The van der Waals surface area contributed by atoms with Gasteiger partial charge in [0.1, 0.15) is 6.04 Å². The third kappa shape index (κ3) is 4.44. The highest BCUT2D eigenvalue weighted by Crippen LogP contribution is 2.24. The predicted molar refractivity (Wildman–Crippen MR) is 72.9 cm³/mol. The average molecular weight is 286 g/mol. The number of urea groups is 1. The smallest absolute Gasteiger partial charge is 0.320 e. The monoisotopic (exact) mass is 285 g/mol. The van der Waals surface area contributed by atoms with E-state index in [1.165, 1.54) is 0 Å². The molecule has 1 aromatic rings. The van der Waals surface area contributed by atoms with Crippen LogP contribution in [0.4, 0.5) is 10.5 Å². The standard InChI is InChI=1S/C12H13Cl2N3O/c1-2-3-9(7-15)17-12(18)16-8-4-5-10(13)11(14)6-8/h4-6,9H,2-3H2,1H3,(H2,16,17,18). The molecule has 0 aliphatic heterocycles. The van der Waals surface area contributed by atoms with Crippen molar-refractivity contribution >= 4 is 34.9 Å². The molecule has 0 heterocycles. The molecule has 0 saturated carbocycles. The molecule has 1 rings (SSSR count). The summed E-state index contributed by atoms with van der Waals surface area (Å²) in [6.45, 7) is 1.95. The number of halogens is 2. The summed E-state index contributed by atoms with van der Waals surface area (Å²) in [5, 5.41) is 14.8. The first-order chi connectivity index (χ1) is 8.56. The van der Waals surface area contributed by atoms with E-state index in [-0.39, 0.29) is 0 Å². The molecule has 0 fully saturated rings. The van der Waals surface area contributed by atoms with Gasteiger partial charge in [-0.2, -0.15) is 5.26 Å². The summed E-state index contributed by atoms with van der Waals surface area (Å²) in [6.07, 6.45) is 1.44. The van der Waals surface area contributed by atoms with Gasteiger partial charge < -0.3 is 10.6 Å². The number of carbonyl (C=O) groups is 1. The zero-order valence-corrected chi connectivity index (χ0v) is 11.3. The van der Waals surface area contributed by atoms with Crippen molar-refractivity contribution in [2.45, 2.75) is 25.8 Å². The number of amides is 2. The molecule has 18 heavy (non-hydrogen) atoms. The van der Waals surface area contributed by atoms with E-state index >= 15 is 0 Å². The van der Waals surface area contributed by atoms with Gasteiger partial charge in [0, 0.05) is 5.69 Å². The first kappa shape index (κ1) is 14.6. The van der Waals surface area contributed by atoms with Crippen LogP contribution in [0.15, 0.2) is 18.2 Å². The maximum Gasteiger partial charge on any atom is 0.320 e. The maximum absolute atomic E-state index is 11.6. The van der Waals surface area contributed by atoms with Gasteiger partial charge in [-0.25, -0.2) is 4.79 Å². The number of nitriles is 1. The fraction of sp³-hybridized carbons (Fsp3) is 0.333. The van der Waals surface area contributed by atoms with Crippen molar-refractivity contribution in [3.63, 3.8) is 0 Å². The lowest BCUT2D eigenvalue weighted by atomic mass is 10.2. The van der Waals surface area contributed by atoms with Gasteiger partial charge in [0.2, 0.25) is 0 Å². The van der Waals surface area contributed by atoms with Crippen molar-refractivity contribution in [3.8, 4) is 6.07 Å². The highest BCUT2D eigenvalue weighted by atomic mass is 35.5. The molecule has 6 heteroatoms. The van der Waals surface area contributed by atoms with Gasteiger partial charge in [-0.15, -0.1) is 0 Å². The number of hydrogen-bond donors (Lipinski definition) is 2. The van der Waals surface area contributed by atoms with Gasteiger partial charge in [-0.3, -0.25) is 0 Å². The fourth-order valence-corrected chi connectivity index (χ4v) is 1.66. The van der Waals surface area contributed by atoms with Crippen molar-refractivity contribution in [3.05, 3.63) is 28.2 Å². The number of hydrogen-bond acceptors (Lipinski definition) is 2. The van der Waals surface area contributed by atoms with Crippen molar-refractivity contribution < 1.29 is 4.79 Å². The van der Waals surface area contributed by atoms with Crippen LogP contribution >= 0.6 is 23.2 Å². The normalized spacial score (nSPS) is 11.4. The Morgan fingerprint density at radius 1 is 1.44 bits per heavy atom. The molecule has 0 bridgehead atoms. The minimum absolute atomic E-state index is 0.361. The zero-order chi connectivity index (χ0) is 13.5. The van der Waals surface area contributed by atoms with E-state index in [1.807, 2.05) is 13.0 Å². The third-order valence-electron chi connectivity index (χ3n) is 2.22. The van der Waals surface area contributed by atoms with E-state index in [2.05, 4.69) is 10.6 Å². The van der Waals surface area contributed by atoms with Crippen molar-refractivity contribution in [1.29, 1.82) is 5.26 Å². The van der Waals surface area contributed by atoms with Crippen molar-refractivity contribution in [1.82, 2.24) is 5.32 Å². The topological polar surface area (TPSA) is 64.9 Å². The van der Waals surface area contributed by atoms with Crippen LogP contribution in [0.2, 0.25) is 10.0 Å². The Morgan fingerprint density at radius 3 is 2.72 bits per heavy atom. The van der Waals surface area contributed by atoms with E-state index in [0.29, 0.717) is 22.2 Å². The molecular formula is C12H13Cl2N3O. The highest BCUT2D eigenvalue weighted by Gasteiger charge is 2.10. The maximum atomic E-state index is 11.6. The second kappa shape index (κ2) is 7.10. The molecule has 1 unspecified atom stereocenters. The lowest BCUT2D eigenvalue weighted by molar-refractivity contribution is 0.250. The van der Waals surface area contributed by atoms with Gasteiger partial charge in [0.15, 0.2) is 0 Å². The summed E-state index contributed by atoms with van der Waals surface area (Å²) in [7, 11) is 0. The molecule has 1 aromatic carbocycles. The first-order valence-corrected chi connectivity index (χ1v) is 6.24. The van der Waals surface area contributed by atoms with E-state index in [1.54, 1.807) is 18.2 Å². The van der Waals surface area contributed by atoms with E-state index in [4.69, 9.17) is 28.5 Å². The van der Waals surface area contributed by atoms with E-state index < -0.39 is 12.1 Å². The lowest BCUT2D eigenvalue weighted by Crippen LogP contribution is -2.36. The molecule has 1 atom stereocenters. The van der Waals surface area contributed by atoms with Crippen LogP contribution in [-0.4, -0.2) is 12.1 Å². The average Bonchev–Trinajstić information content (AvgIpc) is 2.33. The van der Waals surface area contributed by atoms with Gasteiger partial charge >= 0.3 is 6.03 Å². The third-order valence-corrected chi connectivity index (χ3v) is 2.96.